The molecule has 1 aliphatic rings. The fourth-order valence-corrected chi connectivity index (χ4v) is 2.68. The van der Waals surface area contributed by atoms with Gasteiger partial charge in [-0.05, 0) is 38.2 Å². The van der Waals surface area contributed by atoms with Gasteiger partial charge in [0.25, 0.3) is 0 Å². The molecule has 1 aliphatic heterocycles. The van der Waals surface area contributed by atoms with Crippen molar-refractivity contribution in [2.75, 3.05) is 24.6 Å². The number of piperidine rings is 1. The molecule has 2 rings (SSSR count). The molecule has 2 N–H and O–H groups in total. The molecule has 1 unspecified atom stereocenters. The van der Waals surface area contributed by atoms with Gasteiger partial charge < -0.3 is 15.1 Å². The second-order valence-corrected chi connectivity index (χ2v) is 5.06. The monoisotopic (exact) mass is 250 g/mol. The van der Waals surface area contributed by atoms with Gasteiger partial charge in [-0.2, -0.15) is 0 Å². The number of hydrogen-bond acceptors (Lipinski definition) is 4. The maximum absolute atomic E-state index is 9.80. The number of aliphatic hydroxyl groups is 2. The van der Waals surface area contributed by atoms with Crippen molar-refractivity contribution >= 4 is 5.82 Å². The maximum atomic E-state index is 9.80. The highest BCUT2D eigenvalue weighted by Gasteiger charge is 2.23. The first kappa shape index (κ1) is 13.3. The van der Waals surface area contributed by atoms with E-state index in [0.29, 0.717) is 5.92 Å². The Morgan fingerprint density at radius 1 is 1.56 bits per heavy atom. The standard InChI is InChI=1S/C14H22N2O2/c1-11(18)13-5-2-7-15-14(13)16-8-3-4-12(10-16)6-9-17/h2,5,7,11-12,17-18H,3-4,6,8-10H2,1H3/t11-,12?/m1/s1. The van der Waals surface area contributed by atoms with Crippen molar-refractivity contribution in [1.29, 1.82) is 0 Å². The molecule has 18 heavy (non-hydrogen) atoms. The molecule has 2 heterocycles. The van der Waals surface area contributed by atoms with E-state index >= 15 is 0 Å². The number of hydrogen-bond donors (Lipinski definition) is 2. The summed E-state index contributed by atoms with van der Waals surface area (Å²) >= 11 is 0. The Kier molecular flexibility index (Phi) is 4.55. The van der Waals surface area contributed by atoms with Crippen LogP contribution in [-0.2, 0) is 0 Å². The maximum Gasteiger partial charge on any atom is 0.134 e. The Bertz CT molecular complexity index is 380. The second-order valence-electron chi connectivity index (χ2n) is 5.06. The van der Waals surface area contributed by atoms with Crippen LogP contribution in [-0.4, -0.2) is 34.9 Å². The van der Waals surface area contributed by atoms with Crippen LogP contribution in [0.4, 0.5) is 5.82 Å². The van der Waals surface area contributed by atoms with Crippen LogP contribution in [0.25, 0.3) is 0 Å². The highest BCUT2D eigenvalue weighted by atomic mass is 16.3. The van der Waals surface area contributed by atoms with Crippen LogP contribution in [0.15, 0.2) is 18.3 Å². The minimum Gasteiger partial charge on any atom is -0.396 e. The van der Waals surface area contributed by atoms with Crippen molar-refractivity contribution in [2.45, 2.75) is 32.3 Å². The van der Waals surface area contributed by atoms with E-state index in [1.807, 2.05) is 12.1 Å². The second kappa shape index (κ2) is 6.16. The van der Waals surface area contributed by atoms with Gasteiger partial charge >= 0.3 is 0 Å². The number of nitrogens with zero attached hydrogens (tertiary/aromatic N) is 2. The SMILES string of the molecule is C[C@@H](O)c1cccnc1N1CCCC(CCO)C1. The molecule has 0 aromatic carbocycles. The molecule has 0 bridgehead atoms. The molecule has 0 saturated carbocycles. The van der Waals surface area contributed by atoms with Crippen LogP contribution < -0.4 is 4.90 Å². The molecule has 4 nitrogen and oxygen atoms in total. The first-order chi connectivity index (χ1) is 8.72. The third-order valence-electron chi connectivity index (χ3n) is 3.62. The van der Waals surface area contributed by atoms with Crippen LogP contribution in [0.1, 0.15) is 37.9 Å². The van der Waals surface area contributed by atoms with E-state index in [9.17, 15) is 5.11 Å². The number of aromatic nitrogens is 1. The highest BCUT2D eigenvalue weighted by molar-refractivity contribution is 5.48. The van der Waals surface area contributed by atoms with Gasteiger partial charge in [-0.25, -0.2) is 4.98 Å². The van der Waals surface area contributed by atoms with Crippen molar-refractivity contribution in [3.63, 3.8) is 0 Å². The molecular formula is C14H22N2O2. The van der Waals surface area contributed by atoms with Crippen molar-refractivity contribution < 1.29 is 10.2 Å². The molecule has 0 spiro atoms. The molecule has 1 aromatic rings. The van der Waals surface area contributed by atoms with Crippen LogP contribution >= 0.6 is 0 Å². The average Bonchev–Trinajstić information content (AvgIpc) is 2.39. The first-order valence-electron chi connectivity index (χ1n) is 6.71. The van der Waals surface area contributed by atoms with E-state index in [4.69, 9.17) is 5.11 Å². The summed E-state index contributed by atoms with van der Waals surface area (Å²) in [4.78, 5) is 6.66. The molecule has 0 amide bonds. The summed E-state index contributed by atoms with van der Waals surface area (Å²) in [7, 11) is 0. The molecule has 0 aliphatic carbocycles. The quantitative estimate of drug-likeness (QED) is 0.854. The molecule has 1 aromatic heterocycles. The number of rotatable bonds is 4. The van der Waals surface area contributed by atoms with E-state index < -0.39 is 6.10 Å². The normalized spacial score (nSPS) is 21.9. The van der Waals surface area contributed by atoms with Crippen LogP contribution in [0, 0.1) is 5.92 Å². The number of anilines is 1. The van der Waals surface area contributed by atoms with E-state index in [-0.39, 0.29) is 6.61 Å². The summed E-state index contributed by atoms with van der Waals surface area (Å²) in [5.74, 6) is 1.43. The highest BCUT2D eigenvalue weighted by Crippen LogP contribution is 2.28. The third kappa shape index (κ3) is 3.00. The number of aliphatic hydroxyl groups excluding tert-OH is 2. The zero-order valence-electron chi connectivity index (χ0n) is 10.9. The predicted octanol–water partition coefficient (Wildman–Crippen LogP) is 1.73. The zero-order chi connectivity index (χ0) is 13.0. The van der Waals surface area contributed by atoms with Gasteiger partial charge in [0.1, 0.15) is 5.82 Å². The van der Waals surface area contributed by atoms with Crippen molar-refractivity contribution in [2.24, 2.45) is 5.92 Å². The Balaban J connectivity index is 2.15. The van der Waals surface area contributed by atoms with Crippen LogP contribution in [0.3, 0.4) is 0 Å². The van der Waals surface area contributed by atoms with E-state index in [2.05, 4.69) is 9.88 Å². The van der Waals surface area contributed by atoms with Gasteiger partial charge in [0, 0.05) is 31.5 Å². The molecule has 2 atom stereocenters. The third-order valence-corrected chi connectivity index (χ3v) is 3.62. The lowest BCUT2D eigenvalue weighted by Gasteiger charge is -2.34. The first-order valence-corrected chi connectivity index (χ1v) is 6.71. The van der Waals surface area contributed by atoms with E-state index in [1.165, 1.54) is 6.42 Å². The molecule has 0 radical (unpaired) electrons. The summed E-state index contributed by atoms with van der Waals surface area (Å²) in [6.45, 7) is 3.94. The number of pyridine rings is 1. The lowest BCUT2D eigenvalue weighted by Crippen LogP contribution is -2.37. The summed E-state index contributed by atoms with van der Waals surface area (Å²) in [5, 5.41) is 18.8. The minimum atomic E-state index is -0.494. The molecule has 1 saturated heterocycles. The molecule has 100 valence electrons. The Morgan fingerprint density at radius 2 is 2.39 bits per heavy atom. The van der Waals surface area contributed by atoms with Gasteiger partial charge in [-0.15, -0.1) is 0 Å². The van der Waals surface area contributed by atoms with Crippen molar-refractivity contribution in [1.82, 2.24) is 4.98 Å². The summed E-state index contributed by atoms with van der Waals surface area (Å²) in [6.07, 6.45) is 4.44. The minimum absolute atomic E-state index is 0.254. The Hall–Kier alpha value is -1.13. The van der Waals surface area contributed by atoms with Gasteiger partial charge in [0.05, 0.1) is 6.10 Å². The Labute approximate surface area is 108 Å². The van der Waals surface area contributed by atoms with Crippen molar-refractivity contribution in [3.05, 3.63) is 23.9 Å². The fraction of sp³-hybridized carbons (Fsp3) is 0.643. The summed E-state index contributed by atoms with van der Waals surface area (Å²) < 4.78 is 0. The topological polar surface area (TPSA) is 56.6 Å². The molecular weight excluding hydrogens is 228 g/mol. The largest absolute Gasteiger partial charge is 0.396 e. The van der Waals surface area contributed by atoms with Gasteiger partial charge in [0.15, 0.2) is 0 Å². The van der Waals surface area contributed by atoms with Crippen molar-refractivity contribution in [3.8, 4) is 0 Å². The smallest absolute Gasteiger partial charge is 0.134 e. The van der Waals surface area contributed by atoms with E-state index in [0.717, 1.165) is 37.3 Å². The lowest BCUT2D eigenvalue weighted by molar-refractivity contribution is 0.198. The average molecular weight is 250 g/mol. The van der Waals surface area contributed by atoms with Crippen LogP contribution in [0.2, 0.25) is 0 Å². The van der Waals surface area contributed by atoms with Crippen LogP contribution in [0.5, 0.6) is 0 Å². The van der Waals surface area contributed by atoms with Gasteiger partial charge in [-0.3, -0.25) is 0 Å². The van der Waals surface area contributed by atoms with E-state index in [1.54, 1.807) is 13.1 Å². The molecule has 4 heteroatoms. The lowest BCUT2D eigenvalue weighted by atomic mass is 9.94. The fourth-order valence-electron chi connectivity index (χ4n) is 2.68. The van der Waals surface area contributed by atoms with Gasteiger partial charge in [0.2, 0.25) is 0 Å². The summed E-state index contributed by atoms with van der Waals surface area (Å²) in [6, 6.07) is 3.80. The summed E-state index contributed by atoms with van der Waals surface area (Å²) in [5.41, 5.74) is 0.891. The predicted molar refractivity (Wildman–Crippen MR) is 71.5 cm³/mol. The molecule has 1 fully saturated rings. The van der Waals surface area contributed by atoms with Gasteiger partial charge in [-0.1, -0.05) is 6.07 Å². The zero-order valence-corrected chi connectivity index (χ0v) is 10.9. The Morgan fingerprint density at radius 3 is 3.11 bits per heavy atom.